The lowest BCUT2D eigenvalue weighted by molar-refractivity contribution is -0.157. The van der Waals surface area contributed by atoms with E-state index in [4.69, 9.17) is 0 Å². The molecule has 5 rings (SSSR count). The van der Waals surface area contributed by atoms with Crippen LogP contribution in [0.2, 0.25) is 0 Å². The third kappa shape index (κ3) is 13.2. The topological polar surface area (TPSA) is 217 Å². The standard InChI is InChI=1S/C7H8O3.3C5H4O3.C4H2O3/c1-2-3-5-4-6(8)10-7(5)9;2*1-3-2-4(6)8-5(3)7;6-4-2-1-3-5(7)8-4;5-3-1-2-4(6)7-3/h2-3,5H,4H2,1H3;2H,1H3;1-2H2;1-2H,3H2;1-2H/b3-2+;;;;. The molecule has 5 aliphatic heterocycles. The molecule has 0 radical (unpaired) electrons. The molecule has 41 heavy (non-hydrogen) atoms. The Morgan fingerprint density at radius 2 is 1.32 bits per heavy atom. The fraction of sp³-hybridized carbons (Fsp3) is 0.231. The number of rotatable bonds is 1. The first-order valence-electron chi connectivity index (χ1n) is 11.3. The molecule has 2 saturated heterocycles. The van der Waals surface area contributed by atoms with Gasteiger partial charge in [-0.3, -0.25) is 19.2 Å². The van der Waals surface area contributed by atoms with E-state index in [2.05, 4.69) is 30.3 Å². The van der Waals surface area contributed by atoms with Crippen LogP contribution in [0.4, 0.5) is 0 Å². The lowest BCUT2D eigenvalue weighted by atomic mass is 10.1. The summed E-state index contributed by atoms with van der Waals surface area (Å²) in [6.07, 6.45) is 9.94. The molecule has 0 aliphatic carbocycles. The maximum Gasteiger partial charge on any atom is 0.341 e. The van der Waals surface area contributed by atoms with Crippen molar-refractivity contribution in [2.24, 2.45) is 5.92 Å². The average molecular weight is 574 g/mol. The highest BCUT2D eigenvalue weighted by Crippen LogP contribution is 2.16. The van der Waals surface area contributed by atoms with Gasteiger partial charge in [-0.05, 0) is 13.8 Å². The van der Waals surface area contributed by atoms with Crippen molar-refractivity contribution in [3.8, 4) is 0 Å². The number of carbonyl (C=O) groups is 10. The van der Waals surface area contributed by atoms with Crippen LogP contribution >= 0.6 is 0 Å². The predicted octanol–water partition coefficient (Wildman–Crippen LogP) is 0.327. The minimum atomic E-state index is -0.588. The molecular formula is C26H22O15. The summed E-state index contributed by atoms with van der Waals surface area (Å²) in [5.41, 5.74) is 0.616. The van der Waals surface area contributed by atoms with Crippen molar-refractivity contribution in [1.29, 1.82) is 0 Å². The summed E-state index contributed by atoms with van der Waals surface area (Å²) in [5.74, 6) is -5.57. The Labute approximate surface area is 231 Å². The van der Waals surface area contributed by atoms with Crippen molar-refractivity contribution in [1.82, 2.24) is 0 Å². The van der Waals surface area contributed by atoms with E-state index in [9.17, 15) is 47.9 Å². The molecule has 0 spiro atoms. The molecule has 1 atom stereocenters. The molecule has 0 amide bonds. The van der Waals surface area contributed by atoms with Crippen molar-refractivity contribution < 1.29 is 71.6 Å². The van der Waals surface area contributed by atoms with Gasteiger partial charge in [-0.15, -0.1) is 0 Å². The monoisotopic (exact) mass is 574 g/mol. The Morgan fingerprint density at radius 1 is 0.707 bits per heavy atom. The van der Waals surface area contributed by atoms with Crippen LogP contribution in [0, 0.1) is 5.92 Å². The SMILES string of the molecule is C/C=C/C1CC(=O)OC1=O.C=C1CC(=O)OC1=O.CC1=CC(=O)OC1=O.O=C1C=CC(=O)O1.O=C1C=CCC(=O)O1. The molecule has 0 N–H and O–H groups in total. The minimum absolute atomic E-state index is 0.0544. The minimum Gasteiger partial charge on any atom is -0.393 e. The van der Waals surface area contributed by atoms with Gasteiger partial charge in [-0.2, -0.15) is 0 Å². The van der Waals surface area contributed by atoms with E-state index in [-0.39, 0.29) is 30.8 Å². The van der Waals surface area contributed by atoms with Gasteiger partial charge < -0.3 is 23.7 Å². The van der Waals surface area contributed by atoms with E-state index >= 15 is 0 Å². The van der Waals surface area contributed by atoms with Crippen LogP contribution in [0.15, 0.2) is 60.3 Å². The van der Waals surface area contributed by atoms with Gasteiger partial charge in [0.15, 0.2) is 0 Å². The molecule has 0 bridgehead atoms. The second-order valence-electron chi connectivity index (χ2n) is 7.68. The van der Waals surface area contributed by atoms with E-state index in [1.807, 2.05) is 0 Å². The van der Waals surface area contributed by atoms with E-state index in [1.54, 1.807) is 19.1 Å². The molecule has 216 valence electrons. The van der Waals surface area contributed by atoms with E-state index in [0.29, 0.717) is 5.57 Å². The highest BCUT2D eigenvalue weighted by molar-refractivity contribution is 6.08. The highest BCUT2D eigenvalue weighted by Gasteiger charge is 2.30. The van der Waals surface area contributed by atoms with Crippen molar-refractivity contribution >= 4 is 59.7 Å². The predicted molar refractivity (Wildman–Crippen MR) is 129 cm³/mol. The Hall–Kier alpha value is -5.60. The Kier molecular flexibility index (Phi) is 13.4. The zero-order chi connectivity index (χ0) is 31.1. The average Bonchev–Trinajstić information content (AvgIpc) is 3.58. The zero-order valence-electron chi connectivity index (χ0n) is 21.6. The Balaban J connectivity index is 0.000000257. The summed E-state index contributed by atoms with van der Waals surface area (Å²) in [7, 11) is 0. The molecule has 15 heteroatoms. The number of allylic oxidation sites excluding steroid dienone is 1. The van der Waals surface area contributed by atoms with Crippen molar-refractivity contribution in [3.63, 3.8) is 0 Å². The third-order valence-corrected chi connectivity index (χ3v) is 4.34. The lowest BCUT2D eigenvalue weighted by Gasteiger charge is -1.99. The van der Waals surface area contributed by atoms with Crippen LogP contribution in [0.1, 0.15) is 33.1 Å². The number of hydrogen-bond donors (Lipinski definition) is 0. The summed E-state index contributed by atoms with van der Waals surface area (Å²) in [5, 5.41) is 0. The Morgan fingerprint density at radius 3 is 1.56 bits per heavy atom. The van der Waals surface area contributed by atoms with Gasteiger partial charge in [0.05, 0.1) is 25.2 Å². The summed E-state index contributed by atoms with van der Waals surface area (Å²) in [4.78, 5) is 102. The van der Waals surface area contributed by atoms with E-state index in [1.165, 1.54) is 25.2 Å². The molecule has 0 aromatic heterocycles. The first-order chi connectivity index (χ1) is 19.2. The first kappa shape index (κ1) is 33.4. The van der Waals surface area contributed by atoms with Crippen molar-refractivity contribution in [3.05, 3.63) is 60.3 Å². The van der Waals surface area contributed by atoms with Gasteiger partial charge in [-0.25, -0.2) is 28.8 Å². The molecular weight excluding hydrogens is 552 g/mol. The van der Waals surface area contributed by atoms with Crippen LogP contribution in [0.3, 0.4) is 0 Å². The molecule has 0 aromatic carbocycles. The lowest BCUT2D eigenvalue weighted by Crippen LogP contribution is -2.12. The molecule has 5 aliphatic rings. The number of carbonyl (C=O) groups excluding carboxylic acids is 10. The van der Waals surface area contributed by atoms with Crippen molar-refractivity contribution in [2.75, 3.05) is 0 Å². The smallest absolute Gasteiger partial charge is 0.341 e. The van der Waals surface area contributed by atoms with Gasteiger partial charge in [0.2, 0.25) is 0 Å². The summed E-state index contributed by atoms with van der Waals surface area (Å²) in [6, 6.07) is 0. The first-order valence-corrected chi connectivity index (χ1v) is 11.3. The molecule has 0 aromatic rings. The number of esters is 10. The Bertz CT molecular complexity index is 1260. The third-order valence-electron chi connectivity index (χ3n) is 4.34. The maximum atomic E-state index is 10.7. The van der Waals surface area contributed by atoms with Crippen molar-refractivity contribution in [2.45, 2.75) is 33.1 Å². The largest absolute Gasteiger partial charge is 0.393 e. The zero-order valence-corrected chi connectivity index (χ0v) is 21.6. The van der Waals surface area contributed by atoms with Crippen LogP contribution in [-0.2, 0) is 71.6 Å². The van der Waals surface area contributed by atoms with E-state index in [0.717, 1.165) is 12.2 Å². The van der Waals surface area contributed by atoms with Gasteiger partial charge in [0.1, 0.15) is 0 Å². The van der Waals surface area contributed by atoms with Gasteiger partial charge in [0, 0.05) is 35.5 Å². The van der Waals surface area contributed by atoms with Gasteiger partial charge in [-0.1, -0.05) is 24.8 Å². The van der Waals surface area contributed by atoms with Crippen LogP contribution in [0.5, 0.6) is 0 Å². The van der Waals surface area contributed by atoms with Crippen LogP contribution in [0.25, 0.3) is 0 Å². The maximum absolute atomic E-state index is 10.7. The summed E-state index contributed by atoms with van der Waals surface area (Å²) < 4.78 is 20.6. The van der Waals surface area contributed by atoms with Crippen LogP contribution in [-0.4, -0.2) is 59.7 Å². The normalized spacial score (nSPS) is 20.3. The summed E-state index contributed by atoms with van der Waals surface area (Å²) >= 11 is 0. The van der Waals surface area contributed by atoms with E-state index < -0.39 is 59.7 Å². The van der Waals surface area contributed by atoms with Gasteiger partial charge >= 0.3 is 59.7 Å². The molecule has 1 unspecified atom stereocenters. The molecule has 15 nitrogen and oxygen atoms in total. The molecule has 5 heterocycles. The number of cyclic esters (lactones) is 10. The summed E-state index contributed by atoms with van der Waals surface area (Å²) in [6.45, 7) is 6.63. The fourth-order valence-corrected chi connectivity index (χ4v) is 2.51. The molecule has 2 fully saturated rings. The second-order valence-corrected chi connectivity index (χ2v) is 7.68. The highest BCUT2D eigenvalue weighted by atomic mass is 16.6. The molecule has 0 saturated carbocycles. The second kappa shape index (κ2) is 16.4. The number of hydrogen-bond acceptors (Lipinski definition) is 15. The number of ether oxygens (including phenoxy) is 5. The van der Waals surface area contributed by atoms with Crippen LogP contribution < -0.4 is 0 Å². The fourth-order valence-electron chi connectivity index (χ4n) is 2.51. The van der Waals surface area contributed by atoms with Gasteiger partial charge in [0.25, 0.3) is 0 Å². The quantitative estimate of drug-likeness (QED) is 0.135.